The molecule has 1 atom stereocenters. The molecule has 1 saturated heterocycles. The van der Waals surface area contributed by atoms with Crippen molar-refractivity contribution in [1.82, 2.24) is 20.4 Å². The van der Waals surface area contributed by atoms with Crippen molar-refractivity contribution in [3.8, 4) is 0 Å². The molecule has 0 radical (unpaired) electrons. The highest BCUT2D eigenvalue weighted by atomic mass is 16.5. The summed E-state index contributed by atoms with van der Waals surface area (Å²) in [6.07, 6.45) is 3.83. The van der Waals surface area contributed by atoms with Crippen molar-refractivity contribution in [2.75, 3.05) is 13.2 Å². The fourth-order valence-electron chi connectivity index (χ4n) is 3.02. The topological polar surface area (TPSA) is 73.1 Å². The normalized spacial score (nSPS) is 17.3. The van der Waals surface area contributed by atoms with Gasteiger partial charge < -0.3 is 9.26 Å². The van der Waals surface area contributed by atoms with Gasteiger partial charge in [-0.25, -0.2) is 0 Å². The molecule has 1 aliphatic heterocycles. The molecule has 130 valence electrons. The molecule has 2 aromatic rings. The zero-order valence-electron chi connectivity index (χ0n) is 14.7. The van der Waals surface area contributed by atoms with Crippen LogP contribution in [-0.4, -0.2) is 28.3 Å². The zero-order valence-corrected chi connectivity index (χ0v) is 14.7. The lowest BCUT2D eigenvalue weighted by Gasteiger charge is -2.28. The van der Waals surface area contributed by atoms with Crippen LogP contribution in [-0.2, 0) is 11.3 Å². The molecule has 24 heavy (non-hydrogen) atoms. The second kappa shape index (κ2) is 7.85. The van der Waals surface area contributed by atoms with E-state index in [1.54, 1.807) is 0 Å². The van der Waals surface area contributed by atoms with E-state index < -0.39 is 0 Å². The second-order valence-electron chi connectivity index (χ2n) is 6.72. The first-order valence-corrected chi connectivity index (χ1v) is 8.70. The molecule has 0 saturated carbocycles. The van der Waals surface area contributed by atoms with Gasteiger partial charge in [0, 0.05) is 31.9 Å². The van der Waals surface area contributed by atoms with Gasteiger partial charge in [0.15, 0.2) is 5.82 Å². The first-order chi connectivity index (χ1) is 11.6. The smallest absolute Gasteiger partial charge is 0.244 e. The fraction of sp³-hybridized carbons (Fsp3) is 0.611. The third-order valence-electron chi connectivity index (χ3n) is 4.58. The number of aromatic nitrogens is 3. The maximum Gasteiger partial charge on any atom is 0.244 e. The minimum absolute atomic E-state index is 0.0373. The zero-order chi connectivity index (χ0) is 16.9. The van der Waals surface area contributed by atoms with Crippen molar-refractivity contribution in [3.63, 3.8) is 0 Å². The summed E-state index contributed by atoms with van der Waals surface area (Å²) in [6, 6.07) is 4.08. The highest BCUT2D eigenvalue weighted by Gasteiger charge is 2.30. The number of pyridine rings is 1. The second-order valence-corrected chi connectivity index (χ2v) is 6.72. The predicted octanol–water partition coefficient (Wildman–Crippen LogP) is 3.15. The first kappa shape index (κ1) is 17.0. The van der Waals surface area contributed by atoms with Gasteiger partial charge in [0.25, 0.3) is 0 Å². The molecule has 2 aromatic heterocycles. The highest BCUT2D eigenvalue weighted by Crippen LogP contribution is 2.30. The Bertz CT molecular complexity index is 650. The monoisotopic (exact) mass is 330 g/mol. The lowest BCUT2D eigenvalue weighted by Crippen LogP contribution is -2.32. The summed E-state index contributed by atoms with van der Waals surface area (Å²) in [5, 5.41) is 7.73. The predicted molar refractivity (Wildman–Crippen MR) is 90.5 cm³/mol. The Hall–Kier alpha value is -1.79. The summed E-state index contributed by atoms with van der Waals surface area (Å²) >= 11 is 0. The van der Waals surface area contributed by atoms with Crippen LogP contribution >= 0.6 is 0 Å². The molecule has 1 aliphatic rings. The van der Waals surface area contributed by atoms with E-state index in [1.165, 1.54) is 5.56 Å². The summed E-state index contributed by atoms with van der Waals surface area (Å²) in [5.41, 5.74) is 2.24. The van der Waals surface area contributed by atoms with Crippen molar-refractivity contribution >= 4 is 0 Å². The molecule has 0 aliphatic carbocycles. The SMILES string of the molecule is Cc1cccnc1CN[C@H](c1nc(C(C)C)no1)C1CCOCC1. The quantitative estimate of drug-likeness (QED) is 0.877. The van der Waals surface area contributed by atoms with Crippen LogP contribution in [0, 0.1) is 12.8 Å². The van der Waals surface area contributed by atoms with Gasteiger partial charge in [-0.3, -0.25) is 10.3 Å². The third-order valence-corrected chi connectivity index (χ3v) is 4.58. The van der Waals surface area contributed by atoms with Gasteiger partial charge in [0.2, 0.25) is 5.89 Å². The molecule has 0 spiro atoms. The molecule has 1 N–H and O–H groups in total. The van der Waals surface area contributed by atoms with E-state index in [-0.39, 0.29) is 12.0 Å². The Morgan fingerprint density at radius 3 is 2.75 bits per heavy atom. The van der Waals surface area contributed by atoms with E-state index in [1.807, 2.05) is 12.3 Å². The number of rotatable bonds is 6. The van der Waals surface area contributed by atoms with Gasteiger partial charge in [-0.05, 0) is 37.3 Å². The van der Waals surface area contributed by atoms with Crippen molar-refractivity contribution in [3.05, 3.63) is 41.3 Å². The molecule has 0 amide bonds. The lowest BCUT2D eigenvalue weighted by molar-refractivity contribution is 0.0485. The fourth-order valence-corrected chi connectivity index (χ4v) is 3.02. The molecule has 1 fully saturated rings. The molecule has 0 aromatic carbocycles. The van der Waals surface area contributed by atoms with E-state index in [0.29, 0.717) is 18.4 Å². The Balaban J connectivity index is 1.77. The van der Waals surface area contributed by atoms with Crippen LogP contribution in [0.1, 0.15) is 61.6 Å². The van der Waals surface area contributed by atoms with Crippen molar-refractivity contribution in [1.29, 1.82) is 0 Å². The van der Waals surface area contributed by atoms with Gasteiger partial charge in [-0.2, -0.15) is 4.98 Å². The number of hydrogen-bond donors (Lipinski definition) is 1. The van der Waals surface area contributed by atoms with Crippen molar-refractivity contribution < 1.29 is 9.26 Å². The largest absolute Gasteiger partial charge is 0.381 e. The highest BCUT2D eigenvalue weighted by molar-refractivity contribution is 5.17. The Kier molecular flexibility index (Phi) is 5.58. The lowest BCUT2D eigenvalue weighted by atomic mass is 9.91. The molecular weight excluding hydrogens is 304 g/mol. The average Bonchev–Trinajstić information content (AvgIpc) is 3.08. The number of ether oxygens (including phenoxy) is 1. The molecule has 0 unspecified atom stereocenters. The Morgan fingerprint density at radius 1 is 1.29 bits per heavy atom. The number of nitrogens with zero attached hydrogens (tertiary/aromatic N) is 3. The Morgan fingerprint density at radius 2 is 2.08 bits per heavy atom. The van der Waals surface area contributed by atoms with Gasteiger partial charge in [-0.15, -0.1) is 0 Å². The summed E-state index contributed by atoms with van der Waals surface area (Å²) in [6.45, 7) is 8.49. The van der Waals surface area contributed by atoms with E-state index in [4.69, 9.17) is 9.26 Å². The van der Waals surface area contributed by atoms with Gasteiger partial charge in [-0.1, -0.05) is 25.1 Å². The van der Waals surface area contributed by atoms with Crippen LogP contribution in [0.4, 0.5) is 0 Å². The summed E-state index contributed by atoms with van der Waals surface area (Å²) in [4.78, 5) is 9.09. The standard InChI is InChI=1S/C18H26N4O2/c1-12(2)17-21-18(24-22-17)16(14-6-9-23-10-7-14)20-11-15-13(3)5-4-8-19-15/h4-5,8,12,14,16,20H,6-7,9-11H2,1-3H3/t16-/m0/s1. The van der Waals surface area contributed by atoms with Crippen LogP contribution in [0.15, 0.2) is 22.9 Å². The van der Waals surface area contributed by atoms with Crippen molar-refractivity contribution in [2.45, 2.75) is 52.1 Å². The van der Waals surface area contributed by atoms with Gasteiger partial charge in [0.1, 0.15) is 0 Å². The summed E-state index contributed by atoms with van der Waals surface area (Å²) < 4.78 is 11.1. The third kappa shape index (κ3) is 3.99. The Labute approximate surface area is 143 Å². The maximum atomic E-state index is 5.58. The van der Waals surface area contributed by atoms with E-state index in [0.717, 1.165) is 37.6 Å². The van der Waals surface area contributed by atoms with E-state index >= 15 is 0 Å². The first-order valence-electron chi connectivity index (χ1n) is 8.70. The molecule has 3 rings (SSSR count). The molecule has 6 heteroatoms. The maximum absolute atomic E-state index is 5.58. The number of hydrogen-bond acceptors (Lipinski definition) is 6. The molecule has 0 bridgehead atoms. The summed E-state index contributed by atoms with van der Waals surface area (Å²) in [5.74, 6) is 2.14. The number of nitrogens with one attached hydrogen (secondary N) is 1. The average molecular weight is 330 g/mol. The van der Waals surface area contributed by atoms with Crippen LogP contribution in [0.25, 0.3) is 0 Å². The van der Waals surface area contributed by atoms with Crippen LogP contribution in [0.2, 0.25) is 0 Å². The number of aryl methyl sites for hydroxylation is 1. The van der Waals surface area contributed by atoms with Crippen LogP contribution < -0.4 is 5.32 Å². The van der Waals surface area contributed by atoms with Gasteiger partial charge in [0.05, 0.1) is 11.7 Å². The van der Waals surface area contributed by atoms with Crippen molar-refractivity contribution in [2.24, 2.45) is 5.92 Å². The molecule has 3 heterocycles. The van der Waals surface area contributed by atoms with Gasteiger partial charge >= 0.3 is 0 Å². The van der Waals surface area contributed by atoms with Crippen LogP contribution in [0.5, 0.6) is 0 Å². The van der Waals surface area contributed by atoms with E-state index in [9.17, 15) is 0 Å². The molecule has 6 nitrogen and oxygen atoms in total. The van der Waals surface area contributed by atoms with E-state index in [2.05, 4.69) is 47.3 Å². The summed E-state index contributed by atoms with van der Waals surface area (Å²) in [7, 11) is 0. The van der Waals surface area contributed by atoms with Crippen LogP contribution in [0.3, 0.4) is 0 Å². The minimum Gasteiger partial charge on any atom is -0.381 e. The minimum atomic E-state index is 0.0373. The molecular formula is C18H26N4O2.